The summed E-state index contributed by atoms with van der Waals surface area (Å²) in [6, 6.07) is 12.0. The van der Waals surface area contributed by atoms with E-state index in [4.69, 9.17) is 9.47 Å². The molecule has 2 aromatic carbocycles. The van der Waals surface area contributed by atoms with Crippen molar-refractivity contribution in [3.63, 3.8) is 0 Å². The molecule has 0 aromatic heterocycles. The van der Waals surface area contributed by atoms with Crippen molar-refractivity contribution in [2.75, 3.05) is 13.7 Å². The quantitative estimate of drug-likeness (QED) is 0.626. The third kappa shape index (κ3) is 3.18. The van der Waals surface area contributed by atoms with E-state index >= 15 is 0 Å². The zero-order valence-corrected chi connectivity index (χ0v) is 12.0. The van der Waals surface area contributed by atoms with Gasteiger partial charge in [0.05, 0.1) is 13.7 Å². The first kappa shape index (κ1) is 14.1. The largest absolute Gasteiger partial charge is 0.497 e. The van der Waals surface area contributed by atoms with E-state index in [2.05, 4.69) is 6.07 Å². The molecule has 0 bridgehead atoms. The van der Waals surface area contributed by atoms with Crippen LogP contribution in [0.1, 0.15) is 19.4 Å². The lowest BCUT2D eigenvalue weighted by Gasteiger charge is -2.06. The Morgan fingerprint density at radius 2 is 1.85 bits per heavy atom. The minimum Gasteiger partial charge on any atom is -0.497 e. The molecular weight excluding hydrogens is 252 g/mol. The van der Waals surface area contributed by atoms with Crippen LogP contribution in [-0.4, -0.2) is 19.7 Å². The molecule has 20 heavy (non-hydrogen) atoms. The molecule has 104 valence electrons. The number of ether oxygens (including phenoxy) is 2. The van der Waals surface area contributed by atoms with Gasteiger partial charge in [0.25, 0.3) is 0 Å². The predicted molar refractivity (Wildman–Crippen MR) is 80.8 cm³/mol. The van der Waals surface area contributed by atoms with Gasteiger partial charge < -0.3 is 9.47 Å². The highest BCUT2D eigenvalue weighted by Crippen LogP contribution is 2.24. The molecule has 0 amide bonds. The molecular formula is C17H18O3. The van der Waals surface area contributed by atoms with Crippen LogP contribution in [0.25, 0.3) is 16.3 Å². The van der Waals surface area contributed by atoms with Gasteiger partial charge in [-0.15, -0.1) is 0 Å². The molecule has 0 spiro atoms. The van der Waals surface area contributed by atoms with Gasteiger partial charge in [-0.3, -0.25) is 0 Å². The van der Waals surface area contributed by atoms with E-state index < -0.39 is 0 Å². The molecule has 3 nitrogen and oxygen atoms in total. The average molecular weight is 270 g/mol. The van der Waals surface area contributed by atoms with Gasteiger partial charge in [-0.2, -0.15) is 0 Å². The molecule has 0 aliphatic rings. The van der Waals surface area contributed by atoms with Crippen LogP contribution in [0.3, 0.4) is 0 Å². The molecule has 0 atom stereocenters. The average Bonchev–Trinajstić information content (AvgIpc) is 2.46. The van der Waals surface area contributed by atoms with Gasteiger partial charge in [-0.1, -0.05) is 18.2 Å². The van der Waals surface area contributed by atoms with Crippen LogP contribution in [-0.2, 0) is 9.53 Å². The minimum absolute atomic E-state index is 0.306. The molecule has 0 saturated carbocycles. The maximum Gasteiger partial charge on any atom is 0.331 e. The summed E-state index contributed by atoms with van der Waals surface area (Å²) in [7, 11) is 1.65. The van der Waals surface area contributed by atoms with Crippen LogP contribution < -0.4 is 4.74 Å². The van der Waals surface area contributed by atoms with Gasteiger partial charge in [-0.25, -0.2) is 4.79 Å². The van der Waals surface area contributed by atoms with Crippen LogP contribution in [0.15, 0.2) is 42.5 Å². The topological polar surface area (TPSA) is 35.5 Å². The molecule has 2 aromatic rings. The Labute approximate surface area is 118 Å². The van der Waals surface area contributed by atoms with Crippen LogP contribution in [0.2, 0.25) is 0 Å². The van der Waals surface area contributed by atoms with Gasteiger partial charge in [0, 0.05) is 6.08 Å². The number of hydrogen-bond donors (Lipinski definition) is 0. The monoisotopic (exact) mass is 270 g/mol. The fraction of sp³-hybridized carbons (Fsp3) is 0.235. The lowest BCUT2D eigenvalue weighted by atomic mass is 10.0. The van der Waals surface area contributed by atoms with Crippen LogP contribution >= 0.6 is 0 Å². The van der Waals surface area contributed by atoms with Crippen molar-refractivity contribution < 1.29 is 14.3 Å². The predicted octanol–water partition coefficient (Wildman–Crippen LogP) is 3.81. The summed E-state index contributed by atoms with van der Waals surface area (Å²) in [5, 5.41) is 2.22. The maximum absolute atomic E-state index is 11.5. The van der Waals surface area contributed by atoms with Crippen molar-refractivity contribution >= 4 is 22.3 Å². The van der Waals surface area contributed by atoms with Gasteiger partial charge in [-0.05, 0) is 54.0 Å². The van der Waals surface area contributed by atoms with E-state index in [0.717, 1.165) is 27.7 Å². The standard InChI is InChI=1S/C17H18O3/c1-4-20-17(18)9-12(2)13-5-6-15-11-16(19-3)8-7-14(15)10-13/h5-11H,4H2,1-3H3. The molecule has 0 aliphatic carbocycles. The number of fused-ring (bicyclic) bond motifs is 1. The SMILES string of the molecule is CCOC(=O)C=C(C)c1ccc2cc(OC)ccc2c1. The molecule has 3 heteroatoms. The fourth-order valence-electron chi connectivity index (χ4n) is 2.04. The number of methoxy groups -OCH3 is 1. The Bertz CT molecular complexity index is 656. The zero-order chi connectivity index (χ0) is 14.5. The van der Waals surface area contributed by atoms with Crippen molar-refractivity contribution in [1.82, 2.24) is 0 Å². The van der Waals surface area contributed by atoms with Crippen molar-refractivity contribution in [3.05, 3.63) is 48.0 Å². The summed E-state index contributed by atoms with van der Waals surface area (Å²) in [6.07, 6.45) is 1.52. The van der Waals surface area contributed by atoms with E-state index in [1.165, 1.54) is 6.08 Å². The lowest BCUT2D eigenvalue weighted by molar-refractivity contribution is -0.137. The van der Waals surface area contributed by atoms with E-state index in [1.807, 2.05) is 37.3 Å². The number of carbonyl (C=O) groups excluding carboxylic acids is 1. The first-order chi connectivity index (χ1) is 9.63. The van der Waals surface area contributed by atoms with Gasteiger partial charge >= 0.3 is 5.97 Å². The molecule has 0 heterocycles. The van der Waals surface area contributed by atoms with E-state index in [0.29, 0.717) is 6.61 Å². The van der Waals surface area contributed by atoms with E-state index in [9.17, 15) is 4.79 Å². The molecule has 2 rings (SSSR count). The zero-order valence-electron chi connectivity index (χ0n) is 12.0. The second-order valence-electron chi connectivity index (χ2n) is 4.51. The first-order valence-electron chi connectivity index (χ1n) is 6.57. The van der Waals surface area contributed by atoms with E-state index in [-0.39, 0.29) is 5.97 Å². The first-order valence-corrected chi connectivity index (χ1v) is 6.57. The molecule has 0 saturated heterocycles. The summed E-state index contributed by atoms with van der Waals surface area (Å²) < 4.78 is 10.1. The van der Waals surface area contributed by atoms with Crippen LogP contribution in [0.5, 0.6) is 5.75 Å². The number of allylic oxidation sites excluding steroid dienone is 1. The molecule has 0 aliphatic heterocycles. The Kier molecular flexibility index (Phi) is 4.41. The summed E-state index contributed by atoms with van der Waals surface area (Å²) in [4.78, 5) is 11.5. The number of carbonyl (C=O) groups is 1. The Balaban J connectivity index is 2.34. The Hall–Kier alpha value is -2.29. The summed E-state index contributed by atoms with van der Waals surface area (Å²) in [5.41, 5.74) is 1.90. The molecule has 0 fully saturated rings. The van der Waals surface area contributed by atoms with Gasteiger partial charge in [0.1, 0.15) is 5.75 Å². The smallest absolute Gasteiger partial charge is 0.331 e. The summed E-state index contributed by atoms with van der Waals surface area (Å²) >= 11 is 0. The highest BCUT2D eigenvalue weighted by Gasteiger charge is 2.03. The van der Waals surface area contributed by atoms with Crippen molar-refractivity contribution in [1.29, 1.82) is 0 Å². The minimum atomic E-state index is -0.306. The number of hydrogen-bond acceptors (Lipinski definition) is 3. The second kappa shape index (κ2) is 6.24. The van der Waals surface area contributed by atoms with Crippen LogP contribution in [0.4, 0.5) is 0 Å². The highest BCUT2D eigenvalue weighted by molar-refractivity contribution is 5.93. The molecule has 0 radical (unpaired) electrons. The fourth-order valence-corrected chi connectivity index (χ4v) is 2.04. The third-order valence-corrected chi connectivity index (χ3v) is 3.12. The number of esters is 1. The van der Waals surface area contributed by atoms with Crippen molar-refractivity contribution in [2.45, 2.75) is 13.8 Å². The Morgan fingerprint density at radius 3 is 2.55 bits per heavy atom. The van der Waals surface area contributed by atoms with Crippen molar-refractivity contribution in [2.24, 2.45) is 0 Å². The van der Waals surface area contributed by atoms with Gasteiger partial charge in [0.15, 0.2) is 0 Å². The Morgan fingerprint density at radius 1 is 1.15 bits per heavy atom. The number of rotatable bonds is 4. The summed E-state index contributed by atoms with van der Waals surface area (Å²) in [6.45, 7) is 4.09. The summed E-state index contributed by atoms with van der Waals surface area (Å²) in [5.74, 6) is 0.531. The second-order valence-corrected chi connectivity index (χ2v) is 4.51. The lowest BCUT2D eigenvalue weighted by Crippen LogP contribution is -2.00. The van der Waals surface area contributed by atoms with Crippen molar-refractivity contribution in [3.8, 4) is 5.75 Å². The highest BCUT2D eigenvalue weighted by atomic mass is 16.5. The normalized spacial score (nSPS) is 11.4. The maximum atomic E-state index is 11.5. The molecule has 0 N–H and O–H groups in total. The third-order valence-electron chi connectivity index (χ3n) is 3.12. The van der Waals surface area contributed by atoms with E-state index in [1.54, 1.807) is 14.0 Å². The van der Waals surface area contributed by atoms with Crippen LogP contribution in [0, 0.1) is 0 Å². The number of benzene rings is 2. The van der Waals surface area contributed by atoms with Gasteiger partial charge in [0.2, 0.25) is 0 Å². The molecule has 0 unspecified atom stereocenters.